The van der Waals surface area contributed by atoms with Crippen molar-refractivity contribution < 1.29 is 9.66 Å². The largest absolute Gasteiger partial charge is 0.478 e. The molecule has 1 atom stereocenters. The van der Waals surface area contributed by atoms with E-state index in [0.29, 0.717) is 0 Å². The highest BCUT2D eigenvalue weighted by atomic mass is 16.6. The van der Waals surface area contributed by atoms with Crippen molar-refractivity contribution in [3.05, 3.63) is 64.3 Å². The summed E-state index contributed by atoms with van der Waals surface area (Å²) < 4.78 is 5.59. The summed E-state index contributed by atoms with van der Waals surface area (Å²) in [7, 11) is 0. The molecule has 0 aliphatic rings. The molecule has 0 radical (unpaired) electrons. The lowest BCUT2D eigenvalue weighted by Crippen LogP contribution is -2.05. The molecule has 18 heavy (non-hydrogen) atoms. The van der Waals surface area contributed by atoms with E-state index in [2.05, 4.69) is 4.98 Å². The Morgan fingerprint density at radius 3 is 2.61 bits per heavy atom. The maximum Gasteiger partial charge on any atom is 0.406 e. The Morgan fingerprint density at radius 2 is 1.94 bits per heavy atom. The summed E-state index contributed by atoms with van der Waals surface area (Å²) in [5, 5.41) is 10.8. The van der Waals surface area contributed by atoms with Gasteiger partial charge in [0.25, 0.3) is 0 Å². The molecule has 1 aromatic heterocycles. The summed E-state index contributed by atoms with van der Waals surface area (Å²) in [6, 6.07) is 12.7. The molecule has 1 aromatic carbocycles. The number of rotatable bonds is 4. The van der Waals surface area contributed by atoms with Gasteiger partial charge in [0, 0.05) is 0 Å². The maximum atomic E-state index is 10.8. The van der Waals surface area contributed by atoms with E-state index in [1.165, 1.54) is 6.20 Å². The van der Waals surface area contributed by atoms with Crippen LogP contribution < -0.4 is 4.74 Å². The lowest BCUT2D eigenvalue weighted by molar-refractivity contribution is -0.390. The number of hydrogen-bond acceptors (Lipinski definition) is 4. The van der Waals surface area contributed by atoms with Crippen LogP contribution in [0.3, 0.4) is 0 Å². The highest BCUT2D eigenvalue weighted by molar-refractivity contribution is 5.39. The third-order valence-corrected chi connectivity index (χ3v) is 2.50. The van der Waals surface area contributed by atoms with Crippen LogP contribution in [-0.2, 0) is 0 Å². The van der Waals surface area contributed by atoms with Gasteiger partial charge in [0.05, 0.1) is 0 Å². The third-order valence-electron chi connectivity index (χ3n) is 2.50. The van der Waals surface area contributed by atoms with Crippen LogP contribution in [0, 0.1) is 10.1 Å². The van der Waals surface area contributed by atoms with E-state index in [-0.39, 0.29) is 17.7 Å². The molecule has 2 rings (SSSR count). The number of nitro groups is 1. The van der Waals surface area contributed by atoms with Crippen LogP contribution in [0.15, 0.2) is 48.7 Å². The van der Waals surface area contributed by atoms with Crippen LogP contribution in [0.4, 0.5) is 5.82 Å². The fraction of sp³-hybridized carbons (Fsp3) is 0.154. The summed E-state index contributed by atoms with van der Waals surface area (Å²) in [5.74, 6) is -0.0841. The first kappa shape index (κ1) is 12.0. The normalized spacial score (nSPS) is 11.8. The Bertz CT molecular complexity index is 543. The Kier molecular flexibility index (Phi) is 3.52. The molecule has 92 valence electrons. The lowest BCUT2D eigenvalue weighted by atomic mass is 10.1. The second kappa shape index (κ2) is 5.27. The standard InChI is InChI=1S/C13H12N2O3/c1-10(11-6-3-2-4-7-11)18-12-8-5-9-14-13(12)15(16)17/h2-10H,1H3. The molecule has 0 saturated heterocycles. The van der Waals surface area contributed by atoms with Crippen LogP contribution in [0.1, 0.15) is 18.6 Å². The van der Waals surface area contributed by atoms with Crippen molar-refractivity contribution in [3.8, 4) is 5.75 Å². The lowest BCUT2D eigenvalue weighted by Gasteiger charge is -2.14. The topological polar surface area (TPSA) is 65.3 Å². The fourth-order valence-electron chi connectivity index (χ4n) is 1.59. The zero-order valence-electron chi connectivity index (χ0n) is 9.82. The Morgan fingerprint density at radius 1 is 1.22 bits per heavy atom. The summed E-state index contributed by atoms with van der Waals surface area (Å²) >= 11 is 0. The van der Waals surface area contributed by atoms with E-state index in [9.17, 15) is 10.1 Å². The van der Waals surface area contributed by atoms with Crippen LogP contribution >= 0.6 is 0 Å². The minimum Gasteiger partial charge on any atom is -0.478 e. The van der Waals surface area contributed by atoms with E-state index in [1.54, 1.807) is 12.1 Å². The highest BCUT2D eigenvalue weighted by Gasteiger charge is 2.18. The number of benzene rings is 1. The van der Waals surface area contributed by atoms with Crippen molar-refractivity contribution in [2.45, 2.75) is 13.0 Å². The Labute approximate surface area is 104 Å². The number of pyridine rings is 1. The average molecular weight is 244 g/mol. The second-order valence-corrected chi connectivity index (χ2v) is 3.75. The molecule has 0 saturated carbocycles. The van der Waals surface area contributed by atoms with Gasteiger partial charge in [0.2, 0.25) is 5.75 Å². The third kappa shape index (κ3) is 2.63. The molecule has 0 spiro atoms. The number of nitrogens with zero attached hydrogens (tertiary/aromatic N) is 2. The number of ether oxygens (including phenoxy) is 1. The first-order valence-electron chi connectivity index (χ1n) is 5.49. The number of hydrogen-bond donors (Lipinski definition) is 0. The van der Waals surface area contributed by atoms with E-state index >= 15 is 0 Å². The molecule has 0 bridgehead atoms. The minimum absolute atomic E-state index is 0.179. The van der Waals surface area contributed by atoms with Gasteiger partial charge in [-0.25, -0.2) is 0 Å². The van der Waals surface area contributed by atoms with Gasteiger partial charge >= 0.3 is 5.82 Å². The second-order valence-electron chi connectivity index (χ2n) is 3.75. The Balaban J connectivity index is 2.22. The summed E-state index contributed by atoms with van der Waals surface area (Å²) in [6.45, 7) is 1.84. The molecular weight excluding hydrogens is 232 g/mol. The quantitative estimate of drug-likeness (QED) is 0.612. The van der Waals surface area contributed by atoms with Crippen LogP contribution in [0.2, 0.25) is 0 Å². The highest BCUT2D eigenvalue weighted by Crippen LogP contribution is 2.28. The predicted molar refractivity (Wildman–Crippen MR) is 66.4 cm³/mol. The number of aromatic nitrogens is 1. The summed E-state index contributed by atoms with van der Waals surface area (Å²) in [6.07, 6.45) is 1.10. The molecule has 0 amide bonds. The van der Waals surface area contributed by atoms with Crippen molar-refractivity contribution in [2.24, 2.45) is 0 Å². The van der Waals surface area contributed by atoms with Crippen molar-refractivity contribution in [2.75, 3.05) is 0 Å². The molecule has 5 heteroatoms. The fourth-order valence-corrected chi connectivity index (χ4v) is 1.59. The zero-order valence-corrected chi connectivity index (χ0v) is 9.82. The van der Waals surface area contributed by atoms with E-state index in [0.717, 1.165) is 5.56 Å². The van der Waals surface area contributed by atoms with Gasteiger partial charge in [-0.15, -0.1) is 0 Å². The van der Waals surface area contributed by atoms with Crippen molar-refractivity contribution >= 4 is 5.82 Å². The molecule has 1 unspecified atom stereocenters. The SMILES string of the molecule is CC(Oc1cccnc1[N+](=O)[O-])c1ccccc1. The van der Waals surface area contributed by atoms with Gasteiger partial charge < -0.3 is 14.9 Å². The predicted octanol–water partition coefficient (Wildman–Crippen LogP) is 3.13. The molecular formula is C13H12N2O3. The van der Waals surface area contributed by atoms with Gasteiger partial charge in [-0.05, 0) is 34.5 Å². The van der Waals surface area contributed by atoms with Crippen LogP contribution in [0.25, 0.3) is 0 Å². The van der Waals surface area contributed by atoms with Crippen molar-refractivity contribution in [3.63, 3.8) is 0 Å². The molecule has 0 fully saturated rings. The molecule has 2 aromatic rings. The first-order chi connectivity index (χ1) is 8.68. The Hall–Kier alpha value is -2.43. The smallest absolute Gasteiger partial charge is 0.406 e. The maximum absolute atomic E-state index is 10.8. The van der Waals surface area contributed by atoms with Gasteiger partial charge in [-0.3, -0.25) is 0 Å². The molecule has 0 aliphatic carbocycles. The van der Waals surface area contributed by atoms with E-state index < -0.39 is 4.92 Å². The summed E-state index contributed by atoms with van der Waals surface area (Å²) in [4.78, 5) is 14.0. The molecule has 5 nitrogen and oxygen atoms in total. The molecule has 1 heterocycles. The zero-order chi connectivity index (χ0) is 13.0. The van der Waals surface area contributed by atoms with Gasteiger partial charge in [0.15, 0.2) is 0 Å². The van der Waals surface area contributed by atoms with E-state index in [4.69, 9.17) is 4.74 Å². The molecule has 0 N–H and O–H groups in total. The summed E-state index contributed by atoms with van der Waals surface area (Å²) in [5.41, 5.74) is 0.954. The van der Waals surface area contributed by atoms with Gasteiger partial charge in [-0.1, -0.05) is 30.3 Å². The van der Waals surface area contributed by atoms with Crippen molar-refractivity contribution in [1.82, 2.24) is 4.98 Å². The monoisotopic (exact) mass is 244 g/mol. The van der Waals surface area contributed by atoms with Gasteiger partial charge in [-0.2, -0.15) is 0 Å². The van der Waals surface area contributed by atoms with Crippen LogP contribution in [0.5, 0.6) is 5.75 Å². The average Bonchev–Trinajstić information content (AvgIpc) is 2.40. The van der Waals surface area contributed by atoms with Crippen molar-refractivity contribution in [1.29, 1.82) is 0 Å². The van der Waals surface area contributed by atoms with Crippen LogP contribution in [-0.4, -0.2) is 9.91 Å². The van der Waals surface area contributed by atoms with E-state index in [1.807, 2.05) is 37.3 Å². The molecule has 0 aliphatic heterocycles. The van der Waals surface area contributed by atoms with Gasteiger partial charge in [0.1, 0.15) is 12.3 Å². The minimum atomic E-state index is -0.549. The first-order valence-corrected chi connectivity index (χ1v) is 5.49.